The van der Waals surface area contributed by atoms with Crippen molar-refractivity contribution in [2.45, 2.75) is 46.3 Å². The van der Waals surface area contributed by atoms with Crippen LogP contribution in [0.4, 0.5) is 5.69 Å². The highest BCUT2D eigenvalue weighted by atomic mass is 16.5. The normalized spacial score (nSPS) is 15.4. The van der Waals surface area contributed by atoms with E-state index >= 15 is 0 Å². The van der Waals surface area contributed by atoms with Crippen molar-refractivity contribution in [1.29, 1.82) is 0 Å². The second-order valence-corrected chi connectivity index (χ2v) is 6.65. The lowest BCUT2D eigenvalue weighted by Gasteiger charge is -2.16. The Kier molecular flexibility index (Phi) is 3.40. The standard InChI is InChI=1S/C19H23NO/c1-13-5-7-17(14(2)9-13)20-12-15-6-8-18-16(10-15)11-19(3,4)21-18/h5-10,20H,11-12H2,1-4H3. The lowest BCUT2D eigenvalue weighted by Crippen LogP contribution is -2.24. The Hall–Kier alpha value is -1.96. The summed E-state index contributed by atoms with van der Waals surface area (Å²) in [5.41, 5.74) is 6.35. The van der Waals surface area contributed by atoms with Crippen LogP contribution in [-0.4, -0.2) is 5.60 Å². The molecule has 1 aliphatic heterocycles. The molecule has 1 N–H and O–H groups in total. The quantitative estimate of drug-likeness (QED) is 0.885. The average molecular weight is 281 g/mol. The van der Waals surface area contributed by atoms with E-state index in [1.165, 1.54) is 27.9 Å². The number of ether oxygens (including phenoxy) is 1. The summed E-state index contributed by atoms with van der Waals surface area (Å²) in [4.78, 5) is 0. The number of fused-ring (bicyclic) bond motifs is 1. The van der Waals surface area contributed by atoms with Crippen molar-refractivity contribution >= 4 is 5.69 Å². The molecule has 0 aromatic heterocycles. The molecule has 0 radical (unpaired) electrons. The summed E-state index contributed by atoms with van der Waals surface area (Å²) in [5.74, 6) is 1.04. The fourth-order valence-corrected chi connectivity index (χ4v) is 2.98. The van der Waals surface area contributed by atoms with Crippen LogP contribution in [0.1, 0.15) is 36.1 Å². The molecule has 21 heavy (non-hydrogen) atoms. The predicted molar refractivity (Wildman–Crippen MR) is 88.1 cm³/mol. The average Bonchev–Trinajstić information content (AvgIpc) is 2.70. The highest BCUT2D eigenvalue weighted by Gasteiger charge is 2.29. The lowest BCUT2D eigenvalue weighted by molar-refractivity contribution is 0.138. The first kappa shape index (κ1) is 14.0. The number of aryl methyl sites for hydroxylation is 2. The molecular weight excluding hydrogens is 258 g/mol. The van der Waals surface area contributed by atoms with Crippen molar-refractivity contribution in [1.82, 2.24) is 0 Å². The van der Waals surface area contributed by atoms with Crippen LogP contribution in [0.15, 0.2) is 36.4 Å². The van der Waals surface area contributed by atoms with Crippen LogP contribution in [0.3, 0.4) is 0 Å². The first-order valence-electron chi connectivity index (χ1n) is 7.55. The third kappa shape index (κ3) is 3.05. The van der Waals surface area contributed by atoms with Gasteiger partial charge in [-0.05, 0) is 56.5 Å². The predicted octanol–water partition coefficient (Wildman–Crippen LogP) is 4.63. The van der Waals surface area contributed by atoms with Gasteiger partial charge in [0.1, 0.15) is 11.4 Å². The highest BCUT2D eigenvalue weighted by Crippen LogP contribution is 2.35. The molecule has 110 valence electrons. The van der Waals surface area contributed by atoms with E-state index in [2.05, 4.69) is 69.4 Å². The monoisotopic (exact) mass is 281 g/mol. The third-order valence-corrected chi connectivity index (χ3v) is 3.99. The van der Waals surface area contributed by atoms with E-state index in [-0.39, 0.29) is 5.60 Å². The van der Waals surface area contributed by atoms with Gasteiger partial charge in [-0.1, -0.05) is 29.8 Å². The molecule has 0 fully saturated rings. The molecule has 3 rings (SSSR count). The van der Waals surface area contributed by atoms with Gasteiger partial charge in [0, 0.05) is 18.7 Å². The Labute approximate surface area is 127 Å². The number of hydrogen-bond donors (Lipinski definition) is 1. The van der Waals surface area contributed by atoms with E-state index in [0.717, 1.165) is 18.7 Å². The van der Waals surface area contributed by atoms with Gasteiger partial charge in [-0.3, -0.25) is 0 Å². The minimum Gasteiger partial charge on any atom is -0.487 e. The van der Waals surface area contributed by atoms with Gasteiger partial charge in [0.2, 0.25) is 0 Å². The summed E-state index contributed by atoms with van der Waals surface area (Å²) < 4.78 is 5.92. The smallest absolute Gasteiger partial charge is 0.123 e. The Morgan fingerprint density at radius 3 is 2.67 bits per heavy atom. The molecule has 1 heterocycles. The van der Waals surface area contributed by atoms with Crippen molar-refractivity contribution in [3.8, 4) is 5.75 Å². The Balaban J connectivity index is 1.72. The summed E-state index contributed by atoms with van der Waals surface area (Å²) >= 11 is 0. The van der Waals surface area contributed by atoms with E-state index in [4.69, 9.17) is 4.74 Å². The van der Waals surface area contributed by atoms with Gasteiger partial charge in [-0.2, -0.15) is 0 Å². The van der Waals surface area contributed by atoms with Crippen molar-refractivity contribution in [3.05, 3.63) is 58.7 Å². The molecule has 0 unspecified atom stereocenters. The van der Waals surface area contributed by atoms with Crippen LogP contribution >= 0.6 is 0 Å². The van der Waals surface area contributed by atoms with Crippen molar-refractivity contribution in [2.24, 2.45) is 0 Å². The van der Waals surface area contributed by atoms with Gasteiger partial charge in [0.05, 0.1) is 0 Å². The highest BCUT2D eigenvalue weighted by molar-refractivity contribution is 5.52. The first-order valence-corrected chi connectivity index (χ1v) is 7.55. The Morgan fingerprint density at radius 2 is 1.90 bits per heavy atom. The van der Waals surface area contributed by atoms with Crippen LogP contribution in [0.5, 0.6) is 5.75 Å². The summed E-state index contributed by atoms with van der Waals surface area (Å²) in [6.07, 6.45) is 0.986. The zero-order valence-corrected chi connectivity index (χ0v) is 13.3. The number of hydrogen-bond acceptors (Lipinski definition) is 2. The second-order valence-electron chi connectivity index (χ2n) is 6.65. The molecule has 2 nitrogen and oxygen atoms in total. The third-order valence-electron chi connectivity index (χ3n) is 3.99. The molecule has 0 bridgehead atoms. The molecule has 0 amide bonds. The number of benzene rings is 2. The topological polar surface area (TPSA) is 21.3 Å². The van der Waals surface area contributed by atoms with Crippen molar-refractivity contribution < 1.29 is 4.74 Å². The Bertz CT molecular complexity index is 673. The van der Waals surface area contributed by atoms with Crippen LogP contribution in [0, 0.1) is 13.8 Å². The summed E-state index contributed by atoms with van der Waals surface area (Å²) in [6, 6.07) is 13.0. The van der Waals surface area contributed by atoms with E-state index in [9.17, 15) is 0 Å². The molecule has 1 aliphatic rings. The van der Waals surface area contributed by atoms with Crippen LogP contribution in [0.25, 0.3) is 0 Å². The molecule has 0 saturated carbocycles. The number of rotatable bonds is 3. The largest absolute Gasteiger partial charge is 0.487 e. The summed E-state index contributed by atoms with van der Waals surface area (Å²) in [7, 11) is 0. The number of anilines is 1. The van der Waals surface area contributed by atoms with E-state index in [1.54, 1.807) is 0 Å². The SMILES string of the molecule is Cc1ccc(NCc2ccc3c(c2)CC(C)(C)O3)c(C)c1. The van der Waals surface area contributed by atoms with Gasteiger partial charge < -0.3 is 10.1 Å². The minimum absolute atomic E-state index is 0.0675. The zero-order chi connectivity index (χ0) is 15.0. The first-order chi connectivity index (χ1) is 9.93. The van der Waals surface area contributed by atoms with E-state index in [1.807, 2.05) is 0 Å². The van der Waals surface area contributed by atoms with Crippen molar-refractivity contribution in [3.63, 3.8) is 0 Å². The fraction of sp³-hybridized carbons (Fsp3) is 0.368. The molecule has 0 saturated heterocycles. The van der Waals surface area contributed by atoms with Gasteiger partial charge in [0.25, 0.3) is 0 Å². The molecule has 0 atom stereocenters. The number of nitrogens with one attached hydrogen (secondary N) is 1. The maximum Gasteiger partial charge on any atom is 0.123 e. The molecule has 2 heteroatoms. The molecule has 2 aromatic rings. The lowest BCUT2D eigenvalue weighted by atomic mass is 10.00. The van der Waals surface area contributed by atoms with E-state index < -0.39 is 0 Å². The molecular formula is C19H23NO. The molecule has 2 aromatic carbocycles. The van der Waals surface area contributed by atoms with Crippen LogP contribution < -0.4 is 10.1 Å². The van der Waals surface area contributed by atoms with Gasteiger partial charge in [-0.25, -0.2) is 0 Å². The second kappa shape index (κ2) is 5.10. The van der Waals surface area contributed by atoms with Crippen molar-refractivity contribution in [2.75, 3.05) is 5.32 Å². The van der Waals surface area contributed by atoms with Gasteiger partial charge in [-0.15, -0.1) is 0 Å². The zero-order valence-electron chi connectivity index (χ0n) is 13.3. The van der Waals surface area contributed by atoms with E-state index in [0.29, 0.717) is 0 Å². The summed E-state index contributed by atoms with van der Waals surface area (Å²) in [5, 5.41) is 3.53. The van der Waals surface area contributed by atoms with Crippen LogP contribution in [-0.2, 0) is 13.0 Å². The maximum atomic E-state index is 5.92. The maximum absolute atomic E-state index is 5.92. The van der Waals surface area contributed by atoms with Gasteiger partial charge in [0.15, 0.2) is 0 Å². The van der Waals surface area contributed by atoms with Crippen LogP contribution in [0.2, 0.25) is 0 Å². The van der Waals surface area contributed by atoms with Gasteiger partial charge >= 0.3 is 0 Å². The minimum atomic E-state index is -0.0675. The Morgan fingerprint density at radius 1 is 1.10 bits per heavy atom. The molecule has 0 spiro atoms. The molecule has 0 aliphatic carbocycles. The fourth-order valence-electron chi connectivity index (χ4n) is 2.98. The summed E-state index contributed by atoms with van der Waals surface area (Å²) in [6.45, 7) is 9.40.